The number of carbonyl (C=O) groups excluding carboxylic acids is 1. The summed E-state index contributed by atoms with van der Waals surface area (Å²) in [5.74, 6) is 2.11. The zero-order chi connectivity index (χ0) is 23.5. The van der Waals surface area contributed by atoms with Crippen LogP contribution in [0.4, 0.5) is 5.82 Å². The Morgan fingerprint density at radius 3 is 2.62 bits per heavy atom. The highest BCUT2D eigenvalue weighted by atomic mass is 32.1. The average molecular weight is 481 g/mol. The monoisotopic (exact) mass is 480 g/mol. The Balaban J connectivity index is 1.47. The molecule has 34 heavy (non-hydrogen) atoms. The quantitative estimate of drug-likeness (QED) is 0.515. The van der Waals surface area contributed by atoms with Crippen LogP contribution in [0, 0.1) is 0 Å². The number of aromatic nitrogens is 3. The van der Waals surface area contributed by atoms with E-state index in [9.17, 15) is 4.79 Å². The van der Waals surface area contributed by atoms with Crippen molar-refractivity contribution >= 4 is 39.4 Å². The number of hydrogen-bond acceptors (Lipinski definition) is 9. The summed E-state index contributed by atoms with van der Waals surface area (Å²) in [5, 5.41) is 0. The molecule has 10 heteroatoms. The maximum absolute atomic E-state index is 12.7. The third-order valence-electron chi connectivity index (χ3n) is 6.09. The molecular weight excluding hydrogens is 452 g/mol. The molecule has 0 aliphatic carbocycles. The molecule has 3 aromatic heterocycles. The SMILES string of the molecule is COc1ccc(-c2nc(N3CCOCC3)c3sc(/C=C/C(=O)N4CCN(C)CC4)cc3n2)cn1. The number of thiophene rings is 1. The largest absolute Gasteiger partial charge is 0.481 e. The molecule has 0 N–H and O–H groups in total. The van der Waals surface area contributed by atoms with Gasteiger partial charge in [0, 0.05) is 68.0 Å². The number of anilines is 1. The number of morpholine rings is 1. The molecule has 5 rings (SSSR count). The molecule has 2 saturated heterocycles. The Morgan fingerprint density at radius 1 is 1.12 bits per heavy atom. The van der Waals surface area contributed by atoms with Crippen LogP contribution in [0.5, 0.6) is 5.88 Å². The second kappa shape index (κ2) is 10.0. The Bertz CT molecular complexity index is 1180. The summed E-state index contributed by atoms with van der Waals surface area (Å²) >= 11 is 1.61. The highest BCUT2D eigenvalue weighted by Gasteiger charge is 2.21. The Labute approximate surface area is 202 Å². The predicted octanol–water partition coefficient (Wildman–Crippen LogP) is 2.39. The molecule has 0 aromatic carbocycles. The van der Waals surface area contributed by atoms with Crippen LogP contribution < -0.4 is 9.64 Å². The first-order chi connectivity index (χ1) is 16.6. The lowest BCUT2D eigenvalue weighted by Gasteiger charge is -2.31. The van der Waals surface area contributed by atoms with Crippen LogP contribution in [-0.2, 0) is 9.53 Å². The molecule has 178 valence electrons. The van der Waals surface area contributed by atoms with Crippen molar-refractivity contribution < 1.29 is 14.3 Å². The van der Waals surface area contributed by atoms with Crippen molar-refractivity contribution in [3.63, 3.8) is 0 Å². The summed E-state index contributed by atoms with van der Waals surface area (Å²) in [4.78, 5) is 34.1. The van der Waals surface area contributed by atoms with E-state index in [0.717, 1.165) is 65.7 Å². The van der Waals surface area contributed by atoms with Gasteiger partial charge in [-0.2, -0.15) is 0 Å². The number of likely N-dealkylation sites (N-methyl/N-ethyl adjacent to an activating group) is 1. The lowest BCUT2D eigenvalue weighted by Crippen LogP contribution is -2.46. The molecule has 2 fully saturated rings. The van der Waals surface area contributed by atoms with Crippen molar-refractivity contribution in [3.05, 3.63) is 35.3 Å². The number of nitrogens with zero attached hydrogens (tertiary/aromatic N) is 6. The molecule has 1 amide bonds. The van der Waals surface area contributed by atoms with Gasteiger partial charge in [0.25, 0.3) is 0 Å². The number of hydrogen-bond donors (Lipinski definition) is 0. The van der Waals surface area contributed by atoms with E-state index in [1.54, 1.807) is 30.7 Å². The molecule has 2 aliphatic rings. The average Bonchev–Trinajstić information content (AvgIpc) is 3.31. The maximum atomic E-state index is 12.7. The minimum absolute atomic E-state index is 0.0510. The van der Waals surface area contributed by atoms with Crippen LogP contribution in [-0.4, -0.2) is 97.3 Å². The Hall–Kier alpha value is -3.08. The molecular formula is C24H28N6O3S. The molecule has 3 aromatic rings. The standard InChI is InChI=1S/C24H28N6O3S/c1-28-7-9-29(10-8-28)21(31)6-4-18-15-19-22(34-18)24(30-11-13-33-14-12-30)27-23(26-19)17-3-5-20(32-2)25-16-17/h3-6,15-16H,7-14H2,1-2H3/b6-4+. The molecule has 0 bridgehead atoms. The first-order valence-corrected chi connectivity index (χ1v) is 12.2. The minimum Gasteiger partial charge on any atom is -0.481 e. The van der Waals surface area contributed by atoms with E-state index in [1.165, 1.54) is 0 Å². The van der Waals surface area contributed by atoms with Gasteiger partial charge in [-0.1, -0.05) is 0 Å². The van der Waals surface area contributed by atoms with Crippen LogP contribution in [0.25, 0.3) is 27.7 Å². The molecule has 2 aliphatic heterocycles. The molecule has 9 nitrogen and oxygen atoms in total. The van der Waals surface area contributed by atoms with E-state index >= 15 is 0 Å². The van der Waals surface area contributed by atoms with Crippen molar-refractivity contribution in [2.75, 3.05) is 71.5 Å². The summed E-state index contributed by atoms with van der Waals surface area (Å²) in [6.45, 7) is 6.23. The normalized spacial score (nSPS) is 17.6. The van der Waals surface area contributed by atoms with Gasteiger partial charge in [-0.15, -0.1) is 11.3 Å². The molecule has 0 radical (unpaired) electrons. The van der Waals surface area contributed by atoms with Gasteiger partial charge < -0.3 is 24.2 Å². The first kappa shape index (κ1) is 22.7. The fourth-order valence-corrected chi connectivity index (χ4v) is 5.07. The van der Waals surface area contributed by atoms with Gasteiger partial charge in [-0.25, -0.2) is 15.0 Å². The first-order valence-electron chi connectivity index (χ1n) is 11.4. The Kier molecular flexibility index (Phi) is 6.70. The number of fused-ring (bicyclic) bond motifs is 1. The van der Waals surface area contributed by atoms with Crippen LogP contribution >= 0.6 is 11.3 Å². The second-order valence-electron chi connectivity index (χ2n) is 8.38. The lowest BCUT2D eigenvalue weighted by atomic mass is 10.2. The zero-order valence-electron chi connectivity index (χ0n) is 19.4. The van der Waals surface area contributed by atoms with Crippen molar-refractivity contribution in [1.29, 1.82) is 0 Å². The second-order valence-corrected chi connectivity index (χ2v) is 9.47. The fourth-order valence-electron chi connectivity index (χ4n) is 4.05. The third-order valence-corrected chi connectivity index (χ3v) is 7.18. The number of carbonyl (C=O) groups is 1. The van der Waals surface area contributed by atoms with E-state index in [4.69, 9.17) is 19.4 Å². The minimum atomic E-state index is 0.0510. The summed E-state index contributed by atoms with van der Waals surface area (Å²) in [6, 6.07) is 5.75. The van der Waals surface area contributed by atoms with E-state index in [-0.39, 0.29) is 5.91 Å². The van der Waals surface area contributed by atoms with E-state index in [1.807, 2.05) is 29.2 Å². The van der Waals surface area contributed by atoms with Crippen molar-refractivity contribution in [3.8, 4) is 17.3 Å². The van der Waals surface area contributed by atoms with Gasteiger partial charge in [0.15, 0.2) is 11.6 Å². The Morgan fingerprint density at radius 2 is 1.91 bits per heavy atom. The summed E-state index contributed by atoms with van der Waals surface area (Å²) in [7, 11) is 3.67. The van der Waals surface area contributed by atoms with Gasteiger partial charge in [-0.3, -0.25) is 4.79 Å². The summed E-state index contributed by atoms with van der Waals surface area (Å²) in [6.07, 6.45) is 5.29. The summed E-state index contributed by atoms with van der Waals surface area (Å²) < 4.78 is 11.7. The number of methoxy groups -OCH3 is 1. The van der Waals surface area contributed by atoms with Gasteiger partial charge in [-0.05, 0) is 25.3 Å². The van der Waals surface area contributed by atoms with E-state index < -0.39 is 0 Å². The molecule has 5 heterocycles. The van der Waals surface area contributed by atoms with Crippen molar-refractivity contribution in [1.82, 2.24) is 24.8 Å². The fraction of sp³-hybridized carbons (Fsp3) is 0.417. The van der Waals surface area contributed by atoms with Crippen LogP contribution in [0.2, 0.25) is 0 Å². The van der Waals surface area contributed by atoms with Gasteiger partial charge in [0.2, 0.25) is 11.8 Å². The third kappa shape index (κ3) is 4.89. The number of piperazine rings is 1. The van der Waals surface area contributed by atoms with E-state index in [2.05, 4.69) is 21.8 Å². The van der Waals surface area contributed by atoms with Gasteiger partial charge in [0.1, 0.15) is 0 Å². The number of ether oxygens (including phenoxy) is 2. The highest BCUT2D eigenvalue weighted by Crippen LogP contribution is 2.35. The maximum Gasteiger partial charge on any atom is 0.246 e. The van der Waals surface area contributed by atoms with Crippen molar-refractivity contribution in [2.45, 2.75) is 0 Å². The lowest BCUT2D eigenvalue weighted by molar-refractivity contribution is -0.127. The number of amides is 1. The van der Waals surface area contributed by atoms with Crippen LogP contribution in [0.15, 0.2) is 30.5 Å². The highest BCUT2D eigenvalue weighted by molar-refractivity contribution is 7.20. The van der Waals surface area contributed by atoms with Crippen molar-refractivity contribution in [2.24, 2.45) is 0 Å². The van der Waals surface area contributed by atoms with Crippen LogP contribution in [0.1, 0.15) is 4.88 Å². The molecule has 0 saturated carbocycles. The van der Waals surface area contributed by atoms with Gasteiger partial charge in [0.05, 0.1) is 30.5 Å². The van der Waals surface area contributed by atoms with E-state index in [0.29, 0.717) is 24.9 Å². The molecule has 0 spiro atoms. The molecule has 0 unspecified atom stereocenters. The smallest absolute Gasteiger partial charge is 0.246 e. The number of pyridine rings is 1. The number of rotatable bonds is 5. The van der Waals surface area contributed by atoms with Gasteiger partial charge >= 0.3 is 0 Å². The molecule has 0 atom stereocenters. The predicted molar refractivity (Wildman–Crippen MR) is 133 cm³/mol. The topological polar surface area (TPSA) is 83.9 Å². The zero-order valence-corrected chi connectivity index (χ0v) is 20.3. The van der Waals surface area contributed by atoms with Crippen LogP contribution in [0.3, 0.4) is 0 Å². The summed E-state index contributed by atoms with van der Waals surface area (Å²) in [5.41, 5.74) is 1.68.